The van der Waals surface area contributed by atoms with Crippen molar-refractivity contribution in [2.45, 2.75) is 26.2 Å². The van der Waals surface area contributed by atoms with Crippen molar-refractivity contribution < 1.29 is 8.94 Å². The summed E-state index contributed by atoms with van der Waals surface area (Å²) in [6.07, 6.45) is 8.39. The predicted octanol–water partition coefficient (Wildman–Crippen LogP) is 5.20. The monoisotopic (exact) mass is 304 g/mol. The Labute approximate surface area is 130 Å². The molecule has 0 aliphatic heterocycles. The van der Waals surface area contributed by atoms with E-state index in [0.29, 0.717) is 11.7 Å². The van der Waals surface area contributed by atoms with Crippen LogP contribution in [0.2, 0.25) is 0 Å². The summed E-state index contributed by atoms with van der Waals surface area (Å²) in [5, 5.41) is 0. The van der Waals surface area contributed by atoms with Gasteiger partial charge >= 0.3 is 0 Å². The van der Waals surface area contributed by atoms with Crippen LogP contribution in [0.25, 0.3) is 0 Å². The van der Waals surface area contributed by atoms with Crippen LogP contribution in [0.1, 0.15) is 24.5 Å². The van der Waals surface area contributed by atoms with Gasteiger partial charge in [0, 0.05) is 5.75 Å². The SMILES string of the molecule is C=C/C=C\C1=C(C)Cc2ccc(F)cc2CC1CCSO. The highest BCUT2D eigenvalue weighted by Gasteiger charge is 2.21. The lowest BCUT2D eigenvalue weighted by Crippen LogP contribution is -2.09. The molecular formula is C18H21FOS. The Morgan fingerprint density at radius 1 is 1.43 bits per heavy atom. The highest BCUT2D eigenvalue weighted by Crippen LogP contribution is 2.33. The van der Waals surface area contributed by atoms with Crippen LogP contribution in [0.3, 0.4) is 0 Å². The molecule has 1 aliphatic rings. The second-order valence-corrected chi connectivity index (χ2v) is 6.11. The van der Waals surface area contributed by atoms with Crippen LogP contribution in [0, 0.1) is 11.7 Å². The maximum Gasteiger partial charge on any atom is 0.123 e. The number of rotatable bonds is 5. The van der Waals surface area contributed by atoms with Gasteiger partial charge in [-0.15, -0.1) is 0 Å². The van der Waals surface area contributed by atoms with Gasteiger partial charge < -0.3 is 4.55 Å². The molecule has 1 N–H and O–H groups in total. The van der Waals surface area contributed by atoms with E-state index in [1.54, 1.807) is 12.1 Å². The molecule has 1 atom stereocenters. The van der Waals surface area contributed by atoms with E-state index in [0.717, 1.165) is 36.9 Å². The number of fused-ring (bicyclic) bond motifs is 1. The van der Waals surface area contributed by atoms with Gasteiger partial charge in [-0.05, 0) is 73.0 Å². The zero-order valence-corrected chi connectivity index (χ0v) is 13.1. The molecule has 2 rings (SSSR count). The zero-order chi connectivity index (χ0) is 15.2. The third kappa shape index (κ3) is 4.08. The molecule has 0 amide bonds. The Morgan fingerprint density at radius 3 is 2.95 bits per heavy atom. The van der Waals surface area contributed by atoms with Crippen molar-refractivity contribution in [3.63, 3.8) is 0 Å². The average molecular weight is 304 g/mol. The van der Waals surface area contributed by atoms with Gasteiger partial charge in [-0.1, -0.05) is 36.4 Å². The summed E-state index contributed by atoms with van der Waals surface area (Å²) in [6, 6.07) is 5.09. The van der Waals surface area contributed by atoms with Crippen molar-refractivity contribution in [2.75, 3.05) is 5.75 Å². The molecule has 0 fully saturated rings. The first-order valence-electron chi connectivity index (χ1n) is 7.18. The van der Waals surface area contributed by atoms with Gasteiger partial charge in [0.15, 0.2) is 0 Å². The fraction of sp³-hybridized carbons (Fsp3) is 0.333. The number of halogens is 1. The van der Waals surface area contributed by atoms with E-state index in [-0.39, 0.29) is 5.82 Å². The third-order valence-corrected chi connectivity index (χ3v) is 4.41. The first kappa shape index (κ1) is 16.1. The Balaban J connectivity index is 2.39. The van der Waals surface area contributed by atoms with Crippen molar-refractivity contribution in [2.24, 2.45) is 5.92 Å². The normalized spacial score (nSPS) is 18.7. The second-order valence-electron chi connectivity index (χ2n) is 5.44. The maximum absolute atomic E-state index is 13.5. The van der Waals surface area contributed by atoms with Crippen LogP contribution >= 0.6 is 12.0 Å². The van der Waals surface area contributed by atoms with E-state index in [4.69, 9.17) is 4.55 Å². The fourth-order valence-corrected chi connectivity index (χ4v) is 3.36. The molecule has 0 spiro atoms. The van der Waals surface area contributed by atoms with Crippen LogP contribution in [0.4, 0.5) is 4.39 Å². The Kier molecular flexibility index (Phi) is 5.83. The van der Waals surface area contributed by atoms with E-state index in [9.17, 15) is 4.39 Å². The quantitative estimate of drug-likeness (QED) is 0.596. The summed E-state index contributed by atoms with van der Waals surface area (Å²) in [5.74, 6) is 0.823. The molecular weight excluding hydrogens is 283 g/mol. The topological polar surface area (TPSA) is 20.2 Å². The van der Waals surface area contributed by atoms with Gasteiger partial charge in [-0.25, -0.2) is 4.39 Å². The van der Waals surface area contributed by atoms with Crippen molar-refractivity contribution in [3.8, 4) is 0 Å². The minimum absolute atomic E-state index is 0.174. The summed E-state index contributed by atoms with van der Waals surface area (Å²) in [5.41, 5.74) is 4.90. The first-order valence-corrected chi connectivity index (χ1v) is 8.12. The lowest BCUT2D eigenvalue weighted by atomic mass is 9.88. The van der Waals surface area contributed by atoms with E-state index >= 15 is 0 Å². The standard InChI is InChI=1S/C18H21FOS/c1-3-4-5-18-13(2)10-14-6-7-17(19)12-16(14)11-15(18)8-9-21-20/h3-7,12,15,20H,1,8-11H2,2H3/b5-4-. The molecule has 21 heavy (non-hydrogen) atoms. The third-order valence-electron chi connectivity index (χ3n) is 3.99. The van der Waals surface area contributed by atoms with Crippen LogP contribution in [-0.4, -0.2) is 10.3 Å². The van der Waals surface area contributed by atoms with Crippen molar-refractivity contribution >= 4 is 12.0 Å². The van der Waals surface area contributed by atoms with Gasteiger partial charge in [0.05, 0.1) is 0 Å². The summed E-state index contributed by atoms with van der Waals surface area (Å²) in [6.45, 7) is 5.87. The van der Waals surface area contributed by atoms with Gasteiger partial charge in [0.25, 0.3) is 0 Å². The largest absolute Gasteiger partial charge is 0.330 e. The van der Waals surface area contributed by atoms with Crippen LogP contribution in [0.15, 0.2) is 54.2 Å². The van der Waals surface area contributed by atoms with Crippen molar-refractivity contribution in [1.29, 1.82) is 0 Å². The lowest BCUT2D eigenvalue weighted by molar-refractivity contribution is 0.585. The Morgan fingerprint density at radius 2 is 2.24 bits per heavy atom. The Hall–Kier alpha value is -1.32. The van der Waals surface area contributed by atoms with E-state index in [1.807, 2.05) is 12.1 Å². The highest BCUT2D eigenvalue weighted by molar-refractivity contribution is 7.93. The smallest absolute Gasteiger partial charge is 0.123 e. The summed E-state index contributed by atoms with van der Waals surface area (Å²) < 4.78 is 22.6. The molecule has 3 heteroatoms. The number of hydrogen-bond donors (Lipinski definition) is 1. The molecule has 112 valence electrons. The summed E-state index contributed by atoms with van der Waals surface area (Å²) >= 11 is 0.873. The van der Waals surface area contributed by atoms with Crippen LogP contribution < -0.4 is 0 Å². The van der Waals surface area contributed by atoms with Gasteiger partial charge in [0.1, 0.15) is 5.82 Å². The fourth-order valence-electron chi connectivity index (χ4n) is 2.97. The molecule has 1 aromatic rings. The van der Waals surface area contributed by atoms with E-state index < -0.39 is 0 Å². The number of benzene rings is 1. The van der Waals surface area contributed by atoms with E-state index in [2.05, 4.69) is 19.6 Å². The van der Waals surface area contributed by atoms with Crippen molar-refractivity contribution in [1.82, 2.24) is 0 Å². The van der Waals surface area contributed by atoms with Crippen molar-refractivity contribution in [3.05, 3.63) is 71.1 Å². The Bertz CT molecular complexity index is 575. The molecule has 1 aromatic carbocycles. The number of allylic oxidation sites excluding steroid dienone is 5. The molecule has 0 bridgehead atoms. The van der Waals surface area contributed by atoms with Gasteiger partial charge in [-0.2, -0.15) is 0 Å². The average Bonchev–Trinajstić information content (AvgIpc) is 2.59. The number of hydrogen-bond acceptors (Lipinski definition) is 2. The minimum Gasteiger partial charge on any atom is -0.330 e. The molecule has 1 unspecified atom stereocenters. The van der Waals surface area contributed by atoms with Crippen LogP contribution in [0.5, 0.6) is 0 Å². The van der Waals surface area contributed by atoms with Crippen LogP contribution in [-0.2, 0) is 12.8 Å². The first-order chi connectivity index (χ1) is 10.2. The van der Waals surface area contributed by atoms with E-state index in [1.165, 1.54) is 22.8 Å². The molecule has 0 radical (unpaired) electrons. The molecule has 0 saturated heterocycles. The minimum atomic E-state index is -0.174. The molecule has 0 saturated carbocycles. The molecule has 0 aromatic heterocycles. The molecule has 1 aliphatic carbocycles. The highest BCUT2D eigenvalue weighted by atomic mass is 32.2. The van der Waals surface area contributed by atoms with Gasteiger partial charge in [0.2, 0.25) is 0 Å². The second kappa shape index (κ2) is 7.62. The summed E-state index contributed by atoms with van der Waals surface area (Å²) in [7, 11) is 0. The lowest BCUT2D eigenvalue weighted by Gasteiger charge is -2.18. The molecule has 0 heterocycles. The zero-order valence-electron chi connectivity index (χ0n) is 12.3. The predicted molar refractivity (Wildman–Crippen MR) is 89.0 cm³/mol. The maximum atomic E-state index is 13.5. The summed E-state index contributed by atoms with van der Waals surface area (Å²) in [4.78, 5) is 0. The molecule has 1 nitrogen and oxygen atoms in total. The van der Waals surface area contributed by atoms with Gasteiger partial charge in [-0.3, -0.25) is 0 Å².